The topological polar surface area (TPSA) is 40.4 Å². The van der Waals surface area contributed by atoms with Gasteiger partial charge in [-0.15, -0.1) is 0 Å². The van der Waals surface area contributed by atoms with Crippen LogP contribution in [0.1, 0.15) is 74.9 Å². The van der Waals surface area contributed by atoms with Gasteiger partial charge in [0, 0.05) is 52.1 Å². The summed E-state index contributed by atoms with van der Waals surface area (Å²) < 4.78 is 2.10. The number of fused-ring (bicyclic) bond motifs is 7. The van der Waals surface area contributed by atoms with Crippen molar-refractivity contribution >= 4 is 62.4 Å². The van der Waals surface area contributed by atoms with Crippen LogP contribution < -0.4 is 14.7 Å². The standard InChI is InChI=1S/C82H66N6/c1-80(2)64-30-8-14-37-71(64)86(72-38-15-9-31-65(72)80)59-27-20-24-55(48-59)58-51-62(56-25-21-28-60(49-56)87-73-39-16-10-32-66(73)81(3,4)67-33-11-17-40-74(67)87)77(53-43-45-54(46-44-53)78-84-70-36-23-47-83-79(70)85(78)7)63(52-58)57-26-22-29-61(50-57)88-75-41-18-12-34-68(75)82(5,6)69-35-13-19-42-76(69)88/h8-52H,1-7H3. The predicted molar refractivity (Wildman–Crippen MR) is 366 cm³/mol. The molecule has 424 valence electrons. The summed E-state index contributed by atoms with van der Waals surface area (Å²) in [6.45, 7) is 14.1. The number of aryl methyl sites for hydroxylation is 1. The first kappa shape index (κ1) is 53.0. The smallest absolute Gasteiger partial charge is 0.159 e. The molecule has 3 aliphatic heterocycles. The van der Waals surface area contributed by atoms with Crippen molar-refractivity contribution in [1.82, 2.24) is 14.5 Å². The lowest BCUT2D eigenvalue weighted by atomic mass is 9.73. The summed E-state index contributed by atoms with van der Waals surface area (Å²) in [7, 11) is 2.05. The van der Waals surface area contributed by atoms with Crippen molar-refractivity contribution in [3.8, 4) is 55.9 Å². The third kappa shape index (κ3) is 8.15. The van der Waals surface area contributed by atoms with Gasteiger partial charge in [-0.05, 0) is 175 Å². The van der Waals surface area contributed by atoms with Gasteiger partial charge in [-0.25, -0.2) is 9.97 Å². The molecule has 13 aromatic rings. The molecule has 0 aliphatic carbocycles. The molecule has 0 radical (unpaired) electrons. The molecule has 0 saturated carbocycles. The van der Waals surface area contributed by atoms with Gasteiger partial charge in [0.1, 0.15) is 11.3 Å². The van der Waals surface area contributed by atoms with Crippen LogP contribution in [0.4, 0.5) is 51.2 Å². The number of rotatable bonds is 8. The highest BCUT2D eigenvalue weighted by Gasteiger charge is 2.40. The molecule has 11 aromatic carbocycles. The summed E-state index contributed by atoms with van der Waals surface area (Å²) in [5.74, 6) is 0.870. The largest absolute Gasteiger partial charge is 0.312 e. The van der Waals surface area contributed by atoms with Crippen LogP contribution in [-0.4, -0.2) is 14.5 Å². The molecular formula is C82H66N6. The summed E-state index contributed by atoms with van der Waals surface area (Å²) >= 11 is 0. The number of aromatic nitrogens is 3. The van der Waals surface area contributed by atoms with Crippen molar-refractivity contribution in [2.45, 2.75) is 57.8 Å². The molecule has 0 saturated heterocycles. The second-order valence-electron chi connectivity index (χ2n) is 25.5. The number of pyridine rings is 1. The molecule has 2 aromatic heterocycles. The molecule has 0 fully saturated rings. The average Bonchev–Trinajstić information content (AvgIpc) is 1.03. The molecule has 6 nitrogen and oxygen atoms in total. The zero-order valence-electron chi connectivity index (χ0n) is 50.7. The fourth-order valence-electron chi connectivity index (χ4n) is 14.9. The molecule has 88 heavy (non-hydrogen) atoms. The van der Waals surface area contributed by atoms with E-state index in [2.05, 4.69) is 323 Å². The number of imidazole rings is 1. The maximum absolute atomic E-state index is 5.11. The van der Waals surface area contributed by atoms with E-state index in [1.165, 1.54) is 67.5 Å². The van der Waals surface area contributed by atoms with Crippen LogP contribution in [0.3, 0.4) is 0 Å². The molecule has 0 atom stereocenters. The van der Waals surface area contributed by atoms with Crippen LogP contribution >= 0.6 is 0 Å². The highest BCUT2D eigenvalue weighted by Crippen LogP contribution is 2.56. The van der Waals surface area contributed by atoms with Crippen molar-refractivity contribution in [3.05, 3.63) is 306 Å². The van der Waals surface area contributed by atoms with Gasteiger partial charge in [-0.2, -0.15) is 0 Å². The highest BCUT2D eigenvalue weighted by molar-refractivity contribution is 6.01. The van der Waals surface area contributed by atoms with Crippen LogP contribution in [0.2, 0.25) is 0 Å². The van der Waals surface area contributed by atoms with Crippen LogP contribution in [-0.2, 0) is 23.3 Å². The van der Waals surface area contributed by atoms with E-state index in [1.807, 2.05) is 18.3 Å². The zero-order valence-corrected chi connectivity index (χ0v) is 50.7. The summed E-state index contributed by atoms with van der Waals surface area (Å²) in [5, 5.41) is 0. The Kier molecular flexibility index (Phi) is 12.0. The Morgan fingerprint density at radius 2 is 0.636 bits per heavy atom. The number of hydrogen-bond acceptors (Lipinski definition) is 5. The number of nitrogens with zero attached hydrogens (tertiary/aromatic N) is 6. The first-order valence-electron chi connectivity index (χ1n) is 30.7. The minimum absolute atomic E-state index is 0.186. The monoisotopic (exact) mass is 1130 g/mol. The van der Waals surface area contributed by atoms with E-state index >= 15 is 0 Å². The van der Waals surface area contributed by atoms with Gasteiger partial charge in [-0.3, -0.25) is 0 Å². The Hall–Kier alpha value is -10.6. The number of benzene rings is 11. The predicted octanol–water partition coefficient (Wildman–Crippen LogP) is 21.6. The summed E-state index contributed by atoms with van der Waals surface area (Å²) in [6.07, 6.45) is 1.84. The van der Waals surface area contributed by atoms with Crippen LogP contribution in [0.5, 0.6) is 0 Å². The lowest BCUT2D eigenvalue weighted by molar-refractivity contribution is 0.632. The highest BCUT2D eigenvalue weighted by atomic mass is 15.2. The van der Waals surface area contributed by atoms with Gasteiger partial charge in [-0.1, -0.05) is 211 Å². The van der Waals surface area contributed by atoms with Gasteiger partial charge >= 0.3 is 0 Å². The van der Waals surface area contributed by atoms with Crippen molar-refractivity contribution in [1.29, 1.82) is 0 Å². The molecule has 6 heteroatoms. The molecule has 0 unspecified atom stereocenters. The van der Waals surface area contributed by atoms with E-state index in [1.54, 1.807) is 0 Å². The van der Waals surface area contributed by atoms with Crippen LogP contribution in [0, 0.1) is 0 Å². The number of hydrogen-bond donors (Lipinski definition) is 0. The fraction of sp³-hybridized carbons (Fsp3) is 0.122. The molecule has 5 heterocycles. The molecular weight excluding hydrogens is 1070 g/mol. The Morgan fingerprint density at radius 1 is 0.295 bits per heavy atom. The summed E-state index contributed by atoms with van der Waals surface area (Å²) in [5.41, 5.74) is 29.3. The maximum atomic E-state index is 5.11. The van der Waals surface area contributed by atoms with Crippen molar-refractivity contribution in [2.75, 3.05) is 14.7 Å². The first-order chi connectivity index (χ1) is 42.8. The van der Waals surface area contributed by atoms with E-state index in [9.17, 15) is 0 Å². The fourth-order valence-corrected chi connectivity index (χ4v) is 14.9. The van der Waals surface area contributed by atoms with Crippen molar-refractivity contribution in [3.63, 3.8) is 0 Å². The summed E-state index contributed by atoms with van der Waals surface area (Å²) in [4.78, 5) is 17.2. The molecule has 3 aliphatic rings. The van der Waals surface area contributed by atoms with Crippen LogP contribution in [0.15, 0.2) is 273 Å². The number of anilines is 9. The Balaban J connectivity index is 0.953. The van der Waals surface area contributed by atoms with E-state index < -0.39 is 0 Å². The zero-order chi connectivity index (χ0) is 59.6. The second-order valence-corrected chi connectivity index (χ2v) is 25.5. The third-order valence-electron chi connectivity index (χ3n) is 19.4. The Morgan fingerprint density at radius 3 is 1.01 bits per heavy atom. The van der Waals surface area contributed by atoms with Crippen molar-refractivity contribution in [2.24, 2.45) is 7.05 Å². The quantitative estimate of drug-likeness (QED) is 0.152. The number of para-hydroxylation sites is 6. The minimum atomic E-state index is -0.200. The van der Waals surface area contributed by atoms with Crippen LogP contribution in [0.25, 0.3) is 67.1 Å². The third-order valence-corrected chi connectivity index (χ3v) is 19.4. The van der Waals surface area contributed by atoms with Gasteiger partial charge < -0.3 is 19.3 Å². The minimum Gasteiger partial charge on any atom is -0.312 e. The van der Waals surface area contributed by atoms with E-state index in [0.29, 0.717) is 0 Å². The summed E-state index contributed by atoms with van der Waals surface area (Å²) in [6, 6.07) is 99.2. The maximum Gasteiger partial charge on any atom is 0.159 e. The average molecular weight is 1140 g/mol. The SMILES string of the molecule is Cn1c(-c2ccc(-c3c(-c4cccc(N5c6ccccc6C(C)(C)c6ccccc65)c4)cc(-c4cccc(N5c6ccccc6C(C)(C)c6ccccc65)c4)cc3-c3cccc(N4c5ccccc5C(C)(C)c5ccccc54)c3)cc2)nc2cccnc21. The van der Waals surface area contributed by atoms with Gasteiger partial charge in [0.25, 0.3) is 0 Å². The van der Waals surface area contributed by atoms with E-state index in [0.717, 1.165) is 84.1 Å². The van der Waals surface area contributed by atoms with Gasteiger partial charge in [0.05, 0.1) is 34.1 Å². The lowest BCUT2D eigenvalue weighted by Crippen LogP contribution is -2.30. The molecule has 0 bridgehead atoms. The van der Waals surface area contributed by atoms with Gasteiger partial charge in [0.2, 0.25) is 0 Å². The second kappa shape index (κ2) is 20.0. The van der Waals surface area contributed by atoms with Crippen molar-refractivity contribution < 1.29 is 0 Å². The first-order valence-corrected chi connectivity index (χ1v) is 30.7. The Bertz CT molecular complexity index is 4620. The lowest BCUT2D eigenvalue weighted by Gasteiger charge is -2.42. The van der Waals surface area contributed by atoms with Gasteiger partial charge in [0.15, 0.2) is 5.65 Å². The Labute approximate surface area is 516 Å². The molecule has 0 amide bonds. The van der Waals surface area contributed by atoms with E-state index in [-0.39, 0.29) is 16.2 Å². The normalized spacial score (nSPS) is 14.7. The molecule has 16 rings (SSSR count). The molecule has 0 spiro atoms. The van der Waals surface area contributed by atoms with E-state index in [4.69, 9.17) is 9.97 Å². The molecule has 0 N–H and O–H groups in total.